The van der Waals surface area contributed by atoms with Crippen LogP contribution in [0.2, 0.25) is 0 Å². The Balaban J connectivity index is 1.92. The van der Waals surface area contributed by atoms with Crippen molar-refractivity contribution in [2.24, 2.45) is 5.10 Å². The summed E-state index contributed by atoms with van der Waals surface area (Å²) >= 11 is 2.24. The average Bonchev–Trinajstić information content (AvgIpc) is 2.78. The monoisotopic (exact) mass is 402 g/mol. The third-order valence-electron chi connectivity index (χ3n) is 3.52. The van der Waals surface area contributed by atoms with E-state index < -0.39 is 0 Å². The zero-order valence-electron chi connectivity index (χ0n) is 12.4. The molecule has 0 fully saturated rings. The largest absolute Gasteiger partial charge is 0.280 e. The molecule has 0 unspecified atom stereocenters. The first-order valence-electron chi connectivity index (χ1n) is 6.98. The normalized spacial score (nSPS) is 16.3. The molecule has 0 N–H and O–H groups in total. The molecule has 0 saturated heterocycles. The highest BCUT2D eigenvalue weighted by atomic mass is 127. The number of halogens is 1. The summed E-state index contributed by atoms with van der Waals surface area (Å²) in [6.45, 7) is 3.91. The van der Waals surface area contributed by atoms with Crippen molar-refractivity contribution in [3.8, 4) is 0 Å². The van der Waals surface area contributed by atoms with Crippen LogP contribution in [0.25, 0.3) is 6.08 Å². The molecule has 4 heteroatoms. The number of carbonyl (C=O) groups is 1. The molecule has 0 saturated carbocycles. The number of nitrogens with zero attached hydrogens (tertiary/aromatic N) is 2. The molecule has 2 aromatic carbocycles. The van der Waals surface area contributed by atoms with Gasteiger partial charge in [-0.15, -0.1) is 0 Å². The van der Waals surface area contributed by atoms with Crippen LogP contribution in [0.4, 0.5) is 5.69 Å². The van der Waals surface area contributed by atoms with Crippen molar-refractivity contribution in [2.45, 2.75) is 13.8 Å². The number of carbonyl (C=O) groups excluding carboxylic acids is 1. The summed E-state index contributed by atoms with van der Waals surface area (Å²) < 4.78 is 1.13. The molecule has 0 atom stereocenters. The maximum absolute atomic E-state index is 12.6. The molecule has 0 spiro atoms. The van der Waals surface area contributed by atoms with Crippen molar-refractivity contribution < 1.29 is 4.79 Å². The van der Waals surface area contributed by atoms with Gasteiger partial charge in [-0.25, -0.2) is 0 Å². The second kappa shape index (κ2) is 6.04. The summed E-state index contributed by atoms with van der Waals surface area (Å²) in [6, 6.07) is 15.8. The van der Waals surface area contributed by atoms with Crippen molar-refractivity contribution in [2.75, 3.05) is 5.01 Å². The zero-order chi connectivity index (χ0) is 15.7. The van der Waals surface area contributed by atoms with E-state index in [0.29, 0.717) is 5.57 Å². The summed E-state index contributed by atoms with van der Waals surface area (Å²) in [4.78, 5) is 12.6. The average molecular weight is 402 g/mol. The Morgan fingerprint density at radius 2 is 1.64 bits per heavy atom. The van der Waals surface area contributed by atoms with Crippen molar-refractivity contribution in [3.05, 3.63) is 68.8 Å². The number of rotatable bonds is 2. The Labute approximate surface area is 143 Å². The van der Waals surface area contributed by atoms with Crippen LogP contribution in [0.5, 0.6) is 0 Å². The molecule has 110 valence electrons. The van der Waals surface area contributed by atoms with Crippen molar-refractivity contribution in [1.82, 2.24) is 0 Å². The Morgan fingerprint density at radius 3 is 2.27 bits per heavy atom. The molecular formula is C18H15IN2O. The highest BCUT2D eigenvalue weighted by Crippen LogP contribution is 2.25. The lowest BCUT2D eigenvalue weighted by molar-refractivity contribution is -0.114. The van der Waals surface area contributed by atoms with Gasteiger partial charge in [0.1, 0.15) is 0 Å². The van der Waals surface area contributed by atoms with Gasteiger partial charge in [0.05, 0.1) is 17.0 Å². The molecular weight excluding hydrogens is 387 g/mol. The standard InChI is InChI=1S/C18H15IN2O/c1-12-3-5-14(6-4-12)11-17-13(2)20-21(18(17)22)16-9-7-15(19)8-10-16/h3-11H,1-2H3/b17-11-. The van der Waals surface area contributed by atoms with E-state index in [-0.39, 0.29) is 5.91 Å². The Morgan fingerprint density at radius 1 is 1.00 bits per heavy atom. The minimum absolute atomic E-state index is 0.0840. The van der Waals surface area contributed by atoms with Gasteiger partial charge >= 0.3 is 0 Å². The van der Waals surface area contributed by atoms with Crippen LogP contribution in [0.1, 0.15) is 18.1 Å². The molecule has 0 bridgehead atoms. The maximum atomic E-state index is 12.6. The van der Waals surface area contributed by atoms with Crippen molar-refractivity contribution >= 4 is 46.0 Å². The summed E-state index contributed by atoms with van der Waals surface area (Å²) in [5.74, 6) is -0.0840. The number of aryl methyl sites for hydroxylation is 1. The smallest absolute Gasteiger partial charge is 0.267 e. The van der Waals surface area contributed by atoms with E-state index in [4.69, 9.17) is 0 Å². The van der Waals surface area contributed by atoms with Gasteiger partial charge < -0.3 is 0 Å². The van der Waals surface area contributed by atoms with E-state index in [2.05, 4.69) is 27.7 Å². The second-order valence-corrected chi connectivity index (χ2v) is 6.49. The summed E-state index contributed by atoms with van der Waals surface area (Å²) in [6.07, 6.45) is 1.90. The lowest BCUT2D eigenvalue weighted by Gasteiger charge is -2.11. The third kappa shape index (κ3) is 2.97. The van der Waals surface area contributed by atoms with Crippen LogP contribution in [0.15, 0.2) is 59.2 Å². The Bertz CT molecular complexity index is 774. The fraction of sp³-hybridized carbons (Fsp3) is 0.111. The van der Waals surface area contributed by atoms with E-state index in [1.54, 1.807) is 0 Å². The van der Waals surface area contributed by atoms with E-state index in [0.717, 1.165) is 20.5 Å². The molecule has 0 radical (unpaired) electrons. The van der Waals surface area contributed by atoms with Crippen LogP contribution < -0.4 is 5.01 Å². The number of hydrazone groups is 1. The number of hydrogen-bond donors (Lipinski definition) is 0. The Hall–Kier alpha value is -1.95. The summed E-state index contributed by atoms with van der Waals surface area (Å²) in [5.41, 5.74) is 4.38. The molecule has 1 aliphatic rings. The van der Waals surface area contributed by atoms with Crippen molar-refractivity contribution in [1.29, 1.82) is 0 Å². The molecule has 0 aromatic heterocycles. The first-order valence-corrected chi connectivity index (χ1v) is 8.06. The lowest BCUT2D eigenvalue weighted by atomic mass is 10.1. The fourth-order valence-electron chi connectivity index (χ4n) is 2.27. The Kier molecular flexibility index (Phi) is 4.11. The second-order valence-electron chi connectivity index (χ2n) is 5.25. The number of amides is 1. The predicted octanol–water partition coefficient (Wildman–Crippen LogP) is 4.41. The number of benzene rings is 2. The van der Waals surface area contributed by atoms with E-state index >= 15 is 0 Å². The van der Waals surface area contributed by atoms with Crippen LogP contribution in [-0.2, 0) is 4.79 Å². The third-order valence-corrected chi connectivity index (χ3v) is 4.24. The van der Waals surface area contributed by atoms with Gasteiger partial charge in [0.2, 0.25) is 0 Å². The van der Waals surface area contributed by atoms with Gasteiger partial charge in [0, 0.05) is 3.57 Å². The van der Waals surface area contributed by atoms with Crippen LogP contribution in [-0.4, -0.2) is 11.6 Å². The van der Waals surface area contributed by atoms with Crippen molar-refractivity contribution in [3.63, 3.8) is 0 Å². The SMILES string of the molecule is CC1=NN(c2ccc(I)cc2)C(=O)/C1=C\c1ccc(C)cc1. The molecule has 1 amide bonds. The van der Waals surface area contributed by atoms with Crippen LogP contribution in [0.3, 0.4) is 0 Å². The first-order chi connectivity index (χ1) is 10.5. The van der Waals surface area contributed by atoms with Gasteiger partial charge in [-0.05, 0) is 72.3 Å². The minimum Gasteiger partial charge on any atom is -0.267 e. The van der Waals surface area contributed by atoms with Gasteiger partial charge in [0.25, 0.3) is 5.91 Å². The van der Waals surface area contributed by atoms with Crippen LogP contribution >= 0.6 is 22.6 Å². The van der Waals surface area contributed by atoms with E-state index in [1.165, 1.54) is 10.6 Å². The van der Waals surface area contributed by atoms with Gasteiger partial charge in [0.15, 0.2) is 0 Å². The highest BCUT2D eigenvalue weighted by molar-refractivity contribution is 14.1. The predicted molar refractivity (Wildman–Crippen MR) is 98.9 cm³/mol. The molecule has 0 aliphatic carbocycles. The van der Waals surface area contributed by atoms with E-state index in [9.17, 15) is 4.79 Å². The maximum Gasteiger partial charge on any atom is 0.280 e. The minimum atomic E-state index is -0.0840. The van der Waals surface area contributed by atoms with Gasteiger partial charge in [-0.2, -0.15) is 10.1 Å². The fourth-order valence-corrected chi connectivity index (χ4v) is 2.63. The molecule has 3 nitrogen and oxygen atoms in total. The highest BCUT2D eigenvalue weighted by Gasteiger charge is 2.28. The van der Waals surface area contributed by atoms with Gasteiger partial charge in [-0.3, -0.25) is 4.79 Å². The topological polar surface area (TPSA) is 32.7 Å². The number of anilines is 1. The zero-order valence-corrected chi connectivity index (χ0v) is 14.5. The lowest BCUT2D eigenvalue weighted by Crippen LogP contribution is -2.21. The summed E-state index contributed by atoms with van der Waals surface area (Å²) in [7, 11) is 0. The quantitative estimate of drug-likeness (QED) is 0.541. The molecule has 2 aromatic rings. The van der Waals surface area contributed by atoms with E-state index in [1.807, 2.05) is 68.5 Å². The molecule has 3 rings (SSSR count). The molecule has 22 heavy (non-hydrogen) atoms. The summed E-state index contributed by atoms with van der Waals surface area (Å²) in [5, 5.41) is 5.86. The van der Waals surface area contributed by atoms with Gasteiger partial charge in [-0.1, -0.05) is 29.8 Å². The molecule has 1 aliphatic heterocycles. The molecule has 1 heterocycles. The number of hydrogen-bond acceptors (Lipinski definition) is 2. The van der Waals surface area contributed by atoms with Crippen LogP contribution in [0, 0.1) is 10.5 Å². The first kappa shape index (κ1) is 15.0.